The van der Waals surface area contributed by atoms with Gasteiger partial charge in [0.2, 0.25) is 5.04 Å². The van der Waals surface area contributed by atoms with Gasteiger partial charge >= 0.3 is 0 Å². The molecule has 1 fully saturated rings. The lowest BCUT2D eigenvalue weighted by Gasteiger charge is -2.04. The Morgan fingerprint density at radius 3 is 2.37 bits per heavy atom. The molecule has 0 aliphatic heterocycles. The number of nitrogens with zero attached hydrogens (tertiary/aromatic N) is 1. The maximum Gasteiger partial charge on any atom is 0.218 e. The van der Waals surface area contributed by atoms with Gasteiger partial charge in [-0.25, -0.2) is 8.42 Å². The minimum Gasteiger partial charge on any atom is -0.291 e. The summed E-state index contributed by atoms with van der Waals surface area (Å²) >= 11 is 5.73. The predicted octanol–water partition coefficient (Wildman–Crippen LogP) is 2.09. The van der Waals surface area contributed by atoms with Crippen LogP contribution in [0.25, 0.3) is 0 Å². The number of rotatable bonds is 4. The van der Waals surface area contributed by atoms with Gasteiger partial charge in [0, 0.05) is 17.2 Å². The predicted molar refractivity (Wildman–Crippen MR) is 75.1 cm³/mol. The van der Waals surface area contributed by atoms with Crippen molar-refractivity contribution >= 4 is 38.0 Å². The third-order valence-corrected chi connectivity index (χ3v) is 3.89. The number of halogens is 1. The second kappa shape index (κ2) is 5.30. The molecule has 0 unspecified atom stereocenters. The van der Waals surface area contributed by atoms with Crippen LogP contribution in [0.3, 0.4) is 0 Å². The van der Waals surface area contributed by atoms with E-state index in [-0.39, 0.29) is 5.92 Å². The number of hydrazone groups is 1. The largest absolute Gasteiger partial charge is 0.291 e. The van der Waals surface area contributed by atoms with Crippen molar-refractivity contribution in [3.8, 4) is 0 Å². The molecule has 1 aromatic carbocycles. The number of benzene rings is 1. The number of carbonyl (C=O) groups excluding carboxylic acids is 1. The van der Waals surface area contributed by atoms with Crippen LogP contribution in [0.5, 0.6) is 0 Å². The van der Waals surface area contributed by atoms with Gasteiger partial charge in [0.15, 0.2) is 15.6 Å². The minimum atomic E-state index is -3.64. The summed E-state index contributed by atoms with van der Waals surface area (Å²) in [5, 5.41) is 3.89. The van der Waals surface area contributed by atoms with E-state index >= 15 is 0 Å². The molecule has 5 nitrogen and oxygen atoms in total. The van der Waals surface area contributed by atoms with Crippen molar-refractivity contribution in [3.05, 3.63) is 29.3 Å². The molecule has 2 rings (SSSR count). The summed E-state index contributed by atoms with van der Waals surface area (Å²) in [6, 6.07) is 6.57. The van der Waals surface area contributed by atoms with Gasteiger partial charge in [-0.3, -0.25) is 10.2 Å². The summed E-state index contributed by atoms with van der Waals surface area (Å²) < 4.78 is 23.1. The van der Waals surface area contributed by atoms with Crippen LogP contribution in [0.2, 0.25) is 5.02 Å². The van der Waals surface area contributed by atoms with Crippen LogP contribution in [0.1, 0.15) is 12.8 Å². The number of hydrogen-bond donors (Lipinski definition) is 1. The quantitative estimate of drug-likeness (QED) is 0.525. The summed E-state index contributed by atoms with van der Waals surface area (Å²) in [6.45, 7) is 0. The van der Waals surface area contributed by atoms with Crippen LogP contribution >= 0.6 is 11.6 Å². The second-order valence-corrected chi connectivity index (χ2v) is 6.81. The number of Topliss-reactive ketones (excluding diaryl/α,β-unsaturated/α-hetero) is 1. The molecule has 0 bridgehead atoms. The van der Waals surface area contributed by atoms with Crippen molar-refractivity contribution in [1.82, 2.24) is 0 Å². The molecule has 1 aromatic rings. The van der Waals surface area contributed by atoms with E-state index in [2.05, 4.69) is 10.5 Å². The van der Waals surface area contributed by atoms with Crippen LogP contribution in [0, 0.1) is 5.92 Å². The second-order valence-electron chi connectivity index (χ2n) is 4.45. The van der Waals surface area contributed by atoms with Gasteiger partial charge in [0.25, 0.3) is 0 Å². The molecule has 1 aliphatic rings. The van der Waals surface area contributed by atoms with E-state index in [1.807, 2.05) is 0 Å². The molecule has 0 atom stereocenters. The van der Waals surface area contributed by atoms with E-state index in [0.29, 0.717) is 10.7 Å². The molecule has 1 N–H and O–H groups in total. The Bertz CT molecular complexity index is 619. The van der Waals surface area contributed by atoms with Crippen molar-refractivity contribution in [2.45, 2.75) is 12.8 Å². The summed E-state index contributed by atoms with van der Waals surface area (Å²) in [6.07, 6.45) is 2.44. The molecular formula is C12H13ClN2O3S. The highest BCUT2D eigenvalue weighted by Gasteiger charge is 2.36. The normalized spacial score (nSPS) is 16.2. The van der Waals surface area contributed by atoms with E-state index in [1.54, 1.807) is 24.3 Å². The van der Waals surface area contributed by atoms with Gasteiger partial charge in [0.1, 0.15) is 0 Å². The van der Waals surface area contributed by atoms with Crippen LogP contribution < -0.4 is 5.43 Å². The Morgan fingerprint density at radius 1 is 1.32 bits per heavy atom. The van der Waals surface area contributed by atoms with E-state index in [9.17, 15) is 13.2 Å². The SMILES string of the molecule is CS(=O)(=O)/C(=N\Nc1ccc(Cl)cc1)C(=O)C1CC1. The molecule has 0 radical (unpaired) electrons. The number of carbonyl (C=O) groups is 1. The van der Waals surface area contributed by atoms with Crippen molar-refractivity contribution < 1.29 is 13.2 Å². The standard InChI is InChI=1S/C12H13ClN2O3S/c1-19(17,18)12(11(16)8-2-3-8)15-14-10-6-4-9(13)5-7-10/h4-8,14H,2-3H2,1H3/b15-12-. The van der Waals surface area contributed by atoms with Crippen LogP contribution in [-0.4, -0.2) is 25.5 Å². The van der Waals surface area contributed by atoms with E-state index in [4.69, 9.17) is 11.6 Å². The molecule has 0 saturated heterocycles. The average Bonchev–Trinajstić information content (AvgIpc) is 3.13. The molecule has 19 heavy (non-hydrogen) atoms. The summed E-state index contributed by atoms with van der Waals surface area (Å²) in [5.74, 6) is -0.607. The average molecular weight is 301 g/mol. The van der Waals surface area contributed by atoms with Gasteiger partial charge in [-0.2, -0.15) is 5.10 Å². The van der Waals surface area contributed by atoms with Crippen molar-refractivity contribution in [2.75, 3.05) is 11.7 Å². The first-order valence-corrected chi connectivity index (χ1v) is 7.98. The van der Waals surface area contributed by atoms with Gasteiger partial charge in [0.05, 0.1) is 5.69 Å². The summed E-state index contributed by atoms with van der Waals surface area (Å²) in [7, 11) is -3.64. The summed E-state index contributed by atoms with van der Waals surface area (Å²) in [5.41, 5.74) is 3.14. The molecule has 102 valence electrons. The minimum absolute atomic E-state index is 0.194. The number of anilines is 1. The molecule has 0 aromatic heterocycles. The molecular weight excluding hydrogens is 288 g/mol. The number of nitrogens with one attached hydrogen (secondary N) is 1. The lowest BCUT2D eigenvalue weighted by atomic mass is 10.3. The lowest BCUT2D eigenvalue weighted by Crippen LogP contribution is -2.26. The topological polar surface area (TPSA) is 75.6 Å². The third-order valence-electron chi connectivity index (χ3n) is 2.64. The molecule has 0 amide bonds. The Kier molecular flexibility index (Phi) is 3.91. The van der Waals surface area contributed by atoms with E-state index in [1.165, 1.54) is 0 Å². The van der Waals surface area contributed by atoms with Gasteiger partial charge in [-0.15, -0.1) is 0 Å². The van der Waals surface area contributed by atoms with Crippen molar-refractivity contribution in [2.24, 2.45) is 11.0 Å². The van der Waals surface area contributed by atoms with Gasteiger partial charge in [-0.05, 0) is 37.1 Å². The molecule has 1 aliphatic carbocycles. The van der Waals surface area contributed by atoms with Gasteiger partial charge < -0.3 is 0 Å². The van der Waals surface area contributed by atoms with E-state index < -0.39 is 20.7 Å². The molecule has 1 saturated carbocycles. The Labute approximate surface area is 116 Å². The zero-order valence-corrected chi connectivity index (χ0v) is 11.8. The number of hydrogen-bond acceptors (Lipinski definition) is 5. The molecule has 7 heteroatoms. The third kappa shape index (κ3) is 3.78. The highest BCUT2D eigenvalue weighted by molar-refractivity contribution is 8.07. The molecule has 0 spiro atoms. The van der Waals surface area contributed by atoms with Crippen molar-refractivity contribution in [1.29, 1.82) is 0 Å². The first kappa shape index (κ1) is 14.0. The maximum absolute atomic E-state index is 11.9. The smallest absolute Gasteiger partial charge is 0.218 e. The fourth-order valence-corrected chi connectivity index (χ4v) is 2.35. The first-order chi connectivity index (χ1) is 8.88. The fourth-order valence-electron chi connectivity index (χ4n) is 1.48. The lowest BCUT2D eigenvalue weighted by molar-refractivity contribution is -0.113. The zero-order valence-electron chi connectivity index (χ0n) is 10.3. The number of sulfone groups is 1. The van der Waals surface area contributed by atoms with Crippen LogP contribution in [-0.2, 0) is 14.6 Å². The van der Waals surface area contributed by atoms with E-state index in [0.717, 1.165) is 19.1 Å². The van der Waals surface area contributed by atoms with Crippen LogP contribution in [0.4, 0.5) is 5.69 Å². The zero-order chi connectivity index (χ0) is 14.0. The Hall–Kier alpha value is -1.40. The summed E-state index contributed by atoms with van der Waals surface area (Å²) in [4.78, 5) is 11.9. The molecule has 0 heterocycles. The number of ketones is 1. The first-order valence-electron chi connectivity index (χ1n) is 5.71. The Balaban J connectivity index is 2.21. The maximum atomic E-state index is 11.9. The van der Waals surface area contributed by atoms with Crippen LogP contribution in [0.15, 0.2) is 29.4 Å². The van der Waals surface area contributed by atoms with Crippen molar-refractivity contribution in [3.63, 3.8) is 0 Å². The monoisotopic (exact) mass is 300 g/mol. The fraction of sp³-hybridized carbons (Fsp3) is 0.333. The highest BCUT2D eigenvalue weighted by atomic mass is 35.5. The highest BCUT2D eigenvalue weighted by Crippen LogP contribution is 2.31. The Morgan fingerprint density at radius 2 is 1.89 bits per heavy atom. The van der Waals surface area contributed by atoms with Gasteiger partial charge in [-0.1, -0.05) is 11.6 Å².